The van der Waals surface area contributed by atoms with Gasteiger partial charge in [0.2, 0.25) is 5.91 Å². The second kappa shape index (κ2) is 8.47. The first-order valence-corrected chi connectivity index (χ1v) is 9.00. The third kappa shape index (κ3) is 5.26. The van der Waals surface area contributed by atoms with Crippen LogP contribution in [0.2, 0.25) is 0 Å². The molecule has 0 spiro atoms. The number of non-ortho nitro benzene ring substituents is 1. The molecule has 1 N–H and O–H groups in total. The molecule has 0 aliphatic heterocycles. The smallest absolute Gasteiger partial charge is 0.270 e. The van der Waals surface area contributed by atoms with Crippen LogP contribution in [0.25, 0.3) is 6.08 Å². The number of benzene rings is 2. The van der Waals surface area contributed by atoms with Crippen molar-refractivity contribution in [1.82, 2.24) is 10.2 Å². The minimum atomic E-state index is -0.472. The van der Waals surface area contributed by atoms with Crippen molar-refractivity contribution < 1.29 is 14.5 Å². The van der Waals surface area contributed by atoms with Crippen LogP contribution in [-0.2, 0) is 11.3 Å². The minimum Gasteiger partial charge on any atom is -0.349 e. The summed E-state index contributed by atoms with van der Waals surface area (Å²) in [6.45, 7) is 0.392. The van der Waals surface area contributed by atoms with Crippen molar-refractivity contribution in [3.63, 3.8) is 0 Å². The van der Waals surface area contributed by atoms with Crippen LogP contribution in [0.3, 0.4) is 0 Å². The zero-order valence-electron chi connectivity index (χ0n) is 15.5. The Morgan fingerprint density at radius 3 is 2.57 bits per heavy atom. The van der Waals surface area contributed by atoms with E-state index >= 15 is 0 Å². The number of hydrogen-bond acceptors (Lipinski definition) is 4. The zero-order valence-corrected chi connectivity index (χ0v) is 15.5. The topological polar surface area (TPSA) is 92.6 Å². The molecule has 7 nitrogen and oxygen atoms in total. The Labute approximate surface area is 162 Å². The van der Waals surface area contributed by atoms with Crippen molar-refractivity contribution >= 4 is 23.6 Å². The lowest BCUT2D eigenvalue weighted by atomic mass is 10.1. The van der Waals surface area contributed by atoms with Gasteiger partial charge in [-0.05, 0) is 42.2 Å². The van der Waals surface area contributed by atoms with Crippen LogP contribution >= 0.6 is 0 Å². The Balaban J connectivity index is 1.56. The molecule has 144 valence electrons. The molecule has 1 saturated carbocycles. The number of nitro benzene ring substituents is 1. The average molecular weight is 379 g/mol. The Morgan fingerprint density at radius 1 is 1.21 bits per heavy atom. The van der Waals surface area contributed by atoms with Gasteiger partial charge in [0.25, 0.3) is 11.6 Å². The van der Waals surface area contributed by atoms with Gasteiger partial charge < -0.3 is 10.2 Å². The highest BCUT2D eigenvalue weighted by Crippen LogP contribution is 2.19. The molecule has 28 heavy (non-hydrogen) atoms. The van der Waals surface area contributed by atoms with E-state index in [1.165, 1.54) is 23.1 Å². The van der Waals surface area contributed by atoms with Gasteiger partial charge >= 0.3 is 0 Å². The molecule has 1 aliphatic carbocycles. The van der Waals surface area contributed by atoms with Gasteiger partial charge in [-0.1, -0.05) is 24.3 Å². The van der Waals surface area contributed by atoms with Crippen LogP contribution in [0, 0.1) is 10.1 Å². The molecule has 1 fully saturated rings. The number of likely N-dealkylation sites (N-methyl/N-ethyl adjacent to an activating group) is 1. The van der Waals surface area contributed by atoms with Crippen LogP contribution in [0.5, 0.6) is 0 Å². The van der Waals surface area contributed by atoms with E-state index in [1.807, 2.05) is 12.1 Å². The van der Waals surface area contributed by atoms with Gasteiger partial charge in [-0.25, -0.2) is 0 Å². The van der Waals surface area contributed by atoms with E-state index in [0.717, 1.165) is 18.4 Å². The van der Waals surface area contributed by atoms with E-state index in [9.17, 15) is 19.7 Å². The van der Waals surface area contributed by atoms with E-state index < -0.39 is 4.92 Å². The number of amides is 2. The fourth-order valence-electron chi connectivity index (χ4n) is 2.65. The molecule has 0 saturated heterocycles. The zero-order chi connectivity index (χ0) is 20.1. The molecular formula is C21H21N3O4. The van der Waals surface area contributed by atoms with Crippen LogP contribution in [0.4, 0.5) is 5.69 Å². The van der Waals surface area contributed by atoms with Crippen molar-refractivity contribution in [3.8, 4) is 0 Å². The number of nitro groups is 1. The Kier molecular flexibility index (Phi) is 5.84. The summed E-state index contributed by atoms with van der Waals surface area (Å²) in [7, 11) is 1.67. The molecular weight excluding hydrogens is 358 g/mol. The van der Waals surface area contributed by atoms with E-state index in [0.29, 0.717) is 23.7 Å². The number of carbonyl (C=O) groups is 2. The standard InChI is InChI=1S/C21H21N3O4/c1-23(20(25)12-7-15-3-2-4-19(13-15)24(27)28)14-16-5-8-17(9-6-16)21(26)22-18-10-11-18/h2-9,12-13,18H,10-11,14H2,1H3,(H,22,26). The maximum Gasteiger partial charge on any atom is 0.270 e. The van der Waals surface area contributed by atoms with E-state index in [1.54, 1.807) is 37.4 Å². The van der Waals surface area contributed by atoms with Crippen molar-refractivity contribution in [1.29, 1.82) is 0 Å². The van der Waals surface area contributed by atoms with Crippen LogP contribution < -0.4 is 5.32 Å². The molecule has 7 heteroatoms. The van der Waals surface area contributed by atoms with Crippen molar-refractivity contribution in [2.24, 2.45) is 0 Å². The summed E-state index contributed by atoms with van der Waals surface area (Å²) in [5.74, 6) is -0.291. The molecule has 3 rings (SSSR count). The van der Waals surface area contributed by atoms with Gasteiger partial charge in [0.05, 0.1) is 4.92 Å². The molecule has 0 atom stereocenters. The Hall–Kier alpha value is -3.48. The highest BCUT2D eigenvalue weighted by atomic mass is 16.6. The molecule has 0 bridgehead atoms. The SMILES string of the molecule is CN(Cc1ccc(C(=O)NC2CC2)cc1)C(=O)C=Cc1cccc([N+](=O)[O-])c1. The van der Waals surface area contributed by atoms with E-state index in [2.05, 4.69) is 5.32 Å². The van der Waals surface area contributed by atoms with Gasteiger partial charge in [-0.15, -0.1) is 0 Å². The maximum absolute atomic E-state index is 12.3. The molecule has 2 aromatic carbocycles. The first kappa shape index (κ1) is 19.3. The number of rotatable bonds is 7. The summed E-state index contributed by atoms with van der Waals surface area (Å²) in [6.07, 6.45) is 5.02. The van der Waals surface area contributed by atoms with Crippen molar-refractivity contribution in [3.05, 3.63) is 81.4 Å². The number of nitrogens with one attached hydrogen (secondary N) is 1. The number of nitrogens with zero attached hydrogens (tertiary/aromatic N) is 2. The lowest BCUT2D eigenvalue weighted by molar-refractivity contribution is -0.384. The monoisotopic (exact) mass is 379 g/mol. The van der Waals surface area contributed by atoms with Crippen molar-refractivity contribution in [2.45, 2.75) is 25.4 Å². The molecule has 1 aliphatic rings. The van der Waals surface area contributed by atoms with Gasteiger partial charge in [0.15, 0.2) is 0 Å². The Morgan fingerprint density at radius 2 is 1.93 bits per heavy atom. The van der Waals surface area contributed by atoms with Crippen LogP contribution in [0.15, 0.2) is 54.6 Å². The Bertz CT molecular complexity index is 918. The third-order valence-electron chi connectivity index (χ3n) is 4.42. The third-order valence-corrected chi connectivity index (χ3v) is 4.42. The summed E-state index contributed by atoms with van der Waals surface area (Å²) >= 11 is 0. The first-order chi connectivity index (χ1) is 13.4. The normalized spacial score (nSPS) is 13.3. The van der Waals surface area contributed by atoms with Gasteiger partial charge in [-0.2, -0.15) is 0 Å². The van der Waals surface area contributed by atoms with Crippen LogP contribution in [-0.4, -0.2) is 34.7 Å². The quantitative estimate of drug-likeness (QED) is 0.454. The number of carbonyl (C=O) groups excluding carboxylic acids is 2. The maximum atomic E-state index is 12.3. The largest absolute Gasteiger partial charge is 0.349 e. The second-order valence-electron chi connectivity index (χ2n) is 6.82. The minimum absolute atomic E-state index is 0.0197. The average Bonchev–Trinajstić information content (AvgIpc) is 3.50. The summed E-state index contributed by atoms with van der Waals surface area (Å²) in [5.41, 5.74) is 2.08. The van der Waals surface area contributed by atoms with Crippen molar-refractivity contribution in [2.75, 3.05) is 7.05 Å². The predicted molar refractivity (Wildman–Crippen MR) is 106 cm³/mol. The lowest BCUT2D eigenvalue weighted by Gasteiger charge is -2.15. The second-order valence-corrected chi connectivity index (χ2v) is 6.82. The highest BCUT2D eigenvalue weighted by molar-refractivity contribution is 5.94. The molecule has 0 unspecified atom stereocenters. The van der Waals surface area contributed by atoms with E-state index in [4.69, 9.17) is 0 Å². The van der Waals surface area contributed by atoms with Gasteiger partial charge in [0.1, 0.15) is 0 Å². The molecule has 0 radical (unpaired) electrons. The highest BCUT2D eigenvalue weighted by Gasteiger charge is 2.23. The molecule has 2 amide bonds. The number of hydrogen-bond donors (Lipinski definition) is 1. The predicted octanol–water partition coefficient (Wildman–Crippen LogP) is 3.16. The van der Waals surface area contributed by atoms with Gasteiger partial charge in [-0.3, -0.25) is 19.7 Å². The summed E-state index contributed by atoms with van der Waals surface area (Å²) < 4.78 is 0. The molecule has 0 aromatic heterocycles. The first-order valence-electron chi connectivity index (χ1n) is 9.00. The fraction of sp³-hybridized carbons (Fsp3) is 0.238. The summed E-state index contributed by atoms with van der Waals surface area (Å²) in [6, 6.07) is 13.6. The summed E-state index contributed by atoms with van der Waals surface area (Å²) in [4.78, 5) is 36.1. The fourth-order valence-corrected chi connectivity index (χ4v) is 2.65. The van der Waals surface area contributed by atoms with Gasteiger partial charge in [0, 0.05) is 43.4 Å². The summed E-state index contributed by atoms with van der Waals surface area (Å²) in [5, 5.41) is 13.7. The lowest BCUT2D eigenvalue weighted by Crippen LogP contribution is -2.26. The van der Waals surface area contributed by atoms with Crippen LogP contribution in [0.1, 0.15) is 34.3 Å². The molecule has 0 heterocycles. The molecule has 2 aromatic rings. The van der Waals surface area contributed by atoms with E-state index in [-0.39, 0.29) is 17.5 Å².